The Morgan fingerprint density at radius 1 is 1.04 bits per heavy atom. The van der Waals surface area contributed by atoms with Crippen LogP contribution >= 0.6 is 11.6 Å². The molecule has 0 unspecified atom stereocenters. The summed E-state index contributed by atoms with van der Waals surface area (Å²) in [4.78, 5) is 6.34. The van der Waals surface area contributed by atoms with E-state index in [1.54, 1.807) is 7.05 Å². The molecule has 0 saturated heterocycles. The Balaban J connectivity index is 1.92. The number of nitrogens with zero attached hydrogens (tertiary/aromatic N) is 2. The Morgan fingerprint density at radius 2 is 1.59 bits per heavy atom. The first-order chi connectivity index (χ1) is 12.8. The van der Waals surface area contributed by atoms with E-state index < -0.39 is 10.0 Å². The van der Waals surface area contributed by atoms with E-state index in [9.17, 15) is 8.42 Å². The zero-order chi connectivity index (χ0) is 19.9. The maximum atomic E-state index is 11.6. The van der Waals surface area contributed by atoms with Crippen LogP contribution in [0.4, 0.5) is 0 Å². The number of halogens is 1. The van der Waals surface area contributed by atoms with Gasteiger partial charge in [-0.15, -0.1) is 0 Å². The molecule has 2 N–H and O–H groups in total. The lowest BCUT2D eigenvalue weighted by molar-refractivity contribution is 0.476. The lowest BCUT2D eigenvalue weighted by Gasteiger charge is -2.22. The molecule has 0 aliphatic carbocycles. The van der Waals surface area contributed by atoms with Gasteiger partial charge in [-0.05, 0) is 35.9 Å². The van der Waals surface area contributed by atoms with Crippen LogP contribution in [0.1, 0.15) is 16.7 Å². The van der Waals surface area contributed by atoms with E-state index in [0.29, 0.717) is 13.1 Å². The van der Waals surface area contributed by atoms with Crippen molar-refractivity contribution < 1.29 is 8.42 Å². The predicted molar refractivity (Wildman–Crippen MR) is 111 cm³/mol. The normalized spacial score (nSPS) is 12.1. The van der Waals surface area contributed by atoms with Gasteiger partial charge in [0.25, 0.3) is 0 Å². The predicted octanol–water partition coefficient (Wildman–Crippen LogP) is 2.60. The molecule has 0 aromatic heterocycles. The van der Waals surface area contributed by atoms with Crippen molar-refractivity contribution in [3.05, 3.63) is 70.2 Å². The van der Waals surface area contributed by atoms with Crippen molar-refractivity contribution in [2.24, 2.45) is 4.99 Å². The third-order valence-electron chi connectivity index (χ3n) is 4.05. The number of rotatable bonds is 7. The zero-order valence-corrected chi connectivity index (χ0v) is 17.3. The van der Waals surface area contributed by atoms with Gasteiger partial charge in [0, 0.05) is 32.2 Å². The van der Waals surface area contributed by atoms with Crippen molar-refractivity contribution in [1.29, 1.82) is 0 Å². The minimum Gasteiger partial charge on any atom is -0.352 e. The SMILES string of the molecule is CN=C(NCc1ccc(CS(=O)(=O)NC)cc1)N(C)Cc1ccc(Cl)cc1. The summed E-state index contributed by atoms with van der Waals surface area (Å²) < 4.78 is 25.5. The summed E-state index contributed by atoms with van der Waals surface area (Å²) >= 11 is 5.92. The van der Waals surface area contributed by atoms with Crippen molar-refractivity contribution in [3.8, 4) is 0 Å². The molecule has 0 aliphatic heterocycles. The smallest absolute Gasteiger partial charge is 0.215 e. The van der Waals surface area contributed by atoms with E-state index >= 15 is 0 Å². The molecule has 6 nitrogen and oxygen atoms in total. The molecular formula is C19H25ClN4O2S. The highest BCUT2D eigenvalue weighted by Crippen LogP contribution is 2.11. The van der Waals surface area contributed by atoms with Crippen LogP contribution in [0.3, 0.4) is 0 Å². The molecule has 0 amide bonds. The number of benzene rings is 2. The van der Waals surface area contributed by atoms with Crippen molar-refractivity contribution in [2.75, 3.05) is 21.1 Å². The second kappa shape index (κ2) is 9.73. The van der Waals surface area contributed by atoms with Crippen LogP contribution in [0.5, 0.6) is 0 Å². The molecule has 2 aromatic rings. The Labute approximate surface area is 166 Å². The van der Waals surface area contributed by atoms with Gasteiger partial charge in [-0.1, -0.05) is 48.0 Å². The minimum atomic E-state index is -3.26. The molecule has 2 rings (SSSR count). The first-order valence-corrected chi connectivity index (χ1v) is 10.5. The highest BCUT2D eigenvalue weighted by Gasteiger charge is 2.09. The summed E-state index contributed by atoms with van der Waals surface area (Å²) in [7, 11) is 1.87. The van der Waals surface area contributed by atoms with Crippen LogP contribution in [-0.2, 0) is 28.9 Å². The molecular weight excluding hydrogens is 384 g/mol. The van der Waals surface area contributed by atoms with Crippen LogP contribution in [0.2, 0.25) is 5.02 Å². The van der Waals surface area contributed by atoms with Crippen molar-refractivity contribution in [3.63, 3.8) is 0 Å². The minimum absolute atomic E-state index is 0.0251. The number of sulfonamides is 1. The summed E-state index contributed by atoms with van der Waals surface area (Å²) in [5.41, 5.74) is 2.93. The van der Waals surface area contributed by atoms with Crippen molar-refractivity contribution in [2.45, 2.75) is 18.8 Å². The van der Waals surface area contributed by atoms with Gasteiger partial charge in [0.05, 0.1) is 5.75 Å². The van der Waals surface area contributed by atoms with E-state index in [2.05, 4.69) is 15.0 Å². The molecule has 2 aromatic carbocycles. The number of hydrogen-bond donors (Lipinski definition) is 2. The molecule has 0 heterocycles. The van der Waals surface area contributed by atoms with Crippen LogP contribution in [0, 0.1) is 0 Å². The fourth-order valence-electron chi connectivity index (χ4n) is 2.55. The van der Waals surface area contributed by atoms with Gasteiger partial charge < -0.3 is 10.2 Å². The van der Waals surface area contributed by atoms with E-state index in [4.69, 9.17) is 11.6 Å². The average molecular weight is 409 g/mol. The van der Waals surface area contributed by atoms with Crippen LogP contribution in [0.15, 0.2) is 53.5 Å². The quantitative estimate of drug-likeness (QED) is 0.545. The van der Waals surface area contributed by atoms with Crippen LogP contribution in [-0.4, -0.2) is 40.4 Å². The number of aliphatic imine (C=N–C) groups is 1. The van der Waals surface area contributed by atoms with E-state index in [0.717, 1.165) is 27.7 Å². The van der Waals surface area contributed by atoms with Crippen LogP contribution in [0.25, 0.3) is 0 Å². The first kappa shape index (κ1) is 21.2. The summed E-state index contributed by atoms with van der Waals surface area (Å²) in [6.07, 6.45) is 0. The van der Waals surface area contributed by atoms with Gasteiger partial charge in [0.1, 0.15) is 0 Å². The molecule has 0 bridgehead atoms. The third-order valence-corrected chi connectivity index (χ3v) is 5.64. The van der Waals surface area contributed by atoms with Gasteiger partial charge in [0.2, 0.25) is 10.0 Å². The molecule has 0 atom stereocenters. The molecule has 27 heavy (non-hydrogen) atoms. The molecule has 0 aliphatic rings. The standard InChI is InChI=1S/C19H25ClN4O2S/c1-21-19(24(3)13-16-8-10-18(20)11-9-16)23-12-15-4-6-17(7-5-15)14-27(25,26)22-2/h4-11,22H,12-14H2,1-3H3,(H,21,23). The fraction of sp³-hybridized carbons (Fsp3) is 0.316. The topological polar surface area (TPSA) is 73.8 Å². The van der Waals surface area contributed by atoms with E-state index in [1.165, 1.54) is 7.05 Å². The molecule has 146 valence electrons. The molecule has 0 radical (unpaired) electrons. The lowest BCUT2D eigenvalue weighted by atomic mass is 10.1. The summed E-state index contributed by atoms with van der Waals surface area (Å²) in [5, 5.41) is 4.03. The van der Waals surface area contributed by atoms with Gasteiger partial charge in [-0.2, -0.15) is 0 Å². The summed E-state index contributed by atoms with van der Waals surface area (Å²) in [6, 6.07) is 15.2. The third kappa shape index (κ3) is 6.86. The second-order valence-corrected chi connectivity index (χ2v) is 8.53. The summed E-state index contributed by atoms with van der Waals surface area (Å²) in [6.45, 7) is 1.30. The maximum absolute atomic E-state index is 11.6. The number of hydrogen-bond acceptors (Lipinski definition) is 3. The first-order valence-electron chi connectivity index (χ1n) is 8.48. The molecule has 0 spiro atoms. The van der Waals surface area contributed by atoms with E-state index in [1.807, 2.05) is 60.5 Å². The number of nitrogens with one attached hydrogen (secondary N) is 2. The molecule has 0 fully saturated rings. The highest BCUT2D eigenvalue weighted by atomic mass is 35.5. The van der Waals surface area contributed by atoms with Crippen LogP contribution < -0.4 is 10.0 Å². The zero-order valence-electron chi connectivity index (χ0n) is 15.7. The van der Waals surface area contributed by atoms with Gasteiger partial charge in [-0.3, -0.25) is 4.99 Å². The lowest BCUT2D eigenvalue weighted by Crippen LogP contribution is -2.38. The maximum Gasteiger partial charge on any atom is 0.215 e. The molecule has 8 heteroatoms. The molecule has 0 saturated carbocycles. The average Bonchev–Trinajstić information content (AvgIpc) is 2.65. The Morgan fingerprint density at radius 3 is 2.15 bits per heavy atom. The Bertz CT molecular complexity index is 866. The summed E-state index contributed by atoms with van der Waals surface area (Å²) in [5.74, 6) is 0.745. The second-order valence-electron chi connectivity index (χ2n) is 6.16. The van der Waals surface area contributed by atoms with Crippen molar-refractivity contribution >= 4 is 27.6 Å². The van der Waals surface area contributed by atoms with Gasteiger partial charge in [-0.25, -0.2) is 13.1 Å². The van der Waals surface area contributed by atoms with Gasteiger partial charge >= 0.3 is 0 Å². The largest absolute Gasteiger partial charge is 0.352 e. The Kier molecular flexibility index (Phi) is 7.65. The fourth-order valence-corrected chi connectivity index (χ4v) is 3.45. The number of guanidine groups is 1. The van der Waals surface area contributed by atoms with Gasteiger partial charge in [0.15, 0.2) is 5.96 Å². The van der Waals surface area contributed by atoms with E-state index in [-0.39, 0.29) is 5.75 Å². The Hall–Kier alpha value is -2.09. The highest BCUT2D eigenvalue weighted by molar-refractivity contribution is 7.88. The monoisotopic (exact) mass is 408 g/mol. The van der Waals surface area contributed by atoms with Crippen molar-refractivity contribution in [1.82, 2.24) is 14.9 Å².